The van der Waals surface area contributed by atoms with Crippen molar-refractivity contribution in [2.45, 2.75) is 13.5 Å². The van der Waals surface area contributed by atoms with Gasteiger partial charge in [-0.1, -0.05) is 35.9 Å². The van der Waals surface area contributed by atoms with Gasteiger partial charge in [0.15, 0.2) is 16.7 Å². The van der Waals surface area contributed by atoms with E-state index in [-0.39, 0.29) is 11.5 Å². The minimum absolute atomic E-state index is 0.131. The number of amides is 1. The fourth-order valence-corrected chi connectivity index (χ4v) is 4.48. The second-order valence-electron chi connectivity index (χ2n) is 7.78. The second-order valence-corrected chi connectivity index (χ2v) is 9.22. The van der Waals surface area contributed by atoms with Gasteiger partial charge in [-0.3, -0.25) is 9.69 Å². The van der Waals surface area contributed by atoms with Gasteiger partial charge in [-0.2, -0.15) is 0 Å². The van der Waals surface area contributed by atoms with E-state index in [0.29, 0.717) is 45.5 Å². The number of amidine groups is 1. The number of hydrogen-bond donors (Lipinski definition) is 1. The van der Waals surface area contributed by atoms with Crippen molar-refractivity contribution in [2.75, 3.05) is 13.7 Å². The molecule has 0 bridgehead atoms. The minimum atomic E-state index is -1.04. The molecule has 1 aliphatic rings. The van der Waals surface area contributed by atoms with Crippen LogP contribution in [0, 0.1) is 0 Å². The molecule has 0 radical (unpaired) electrons. The Morgan fingerprint density at radius 1 is 1.08 bits per heavy atom. The van der Waals surface area contributed by atoms with Crippen LogP contribution >= 0.6 is 23.4 Å². The second kappa shape index (κ2) is 11.3. The van der Waals surface area contributed by atoms with Crippen LogP contribution in [0.1, 0.15) is 28.4 Å². The van der Waals surface area contributed by atoms with E-state index in [9.17, 15) is 14.7 Å². The standard InChI is InChI=1S/C27H23ClN2O5S/c1-3-34-23-13-18(9-12-22(23)35-16-17-7-10-20(28)11-8-17)14-24-25(31)30(2)27(36-24)29-21-6-4-5-19(15-21)26(32)33/h4-15H,3,16H2,1-2H3,(H,32,33)/b24-14+,29-27?. The lowest BCUT2D eigenvalue weighted by Crippen LogP contribution is -2.23. The van der Waals surface area contributed by atoms with E-state index in [2.05, 4.69) is 4.99 Å². The van der Waals surface area contributed by atoms with Crippen LogP contribution in [0.25, 0.3) is 6.08 Å². The van der Waals surface area contributed by atoms with Crippen LogP contribution in [0.4, 0.5) is 5.69 Å². The van der Waals surface area contributed by atoms with Crippen LogP contribution in [0.3, 0.4) is 0 Å². The number of aromatic carboxylic acids is 1. The number of benzene rings is 3. The first kappa shape index (κ1) is 25.3. The molecule has 0 saturated carbocycles. The molecule has 0 unspecified atom stereocenters. The number of thioether (sulfide) groups is 1. The first-order chi connectivity index (χ1) is 17.3. The van der Waals surface area contributed by atoms with Crippen molar-refractivity contribution >= 4 is 52.2 Å². The molecular formula is C27H23ClN2O5S. The fraction of sp³-hybridized carbons (Fsp3) is 0.148. The number of rotatable bonds is 8. The molecule has 3 aromatic carbocycles. The smallest absolute Gasteiger partial charge is 0.335 e. The van der Waals surface area contributed by atoms with E-state index >= 15 is 0 Å². The highest BCUT2D eigenvalue weighted by atomic mass is 35.5. The molecule has 0 spiro atoms. The Labute approximate surface area is 218 Å². The molecule has 3 aromatic rings. The maximum absolute atomic E-state index is 12.8. The number of halogens is 1. The summed E-state index contributed by atoms with van der Waals surface area (Å²) in [4.78, 5) is 30.5. The molecule has 1 aliphatic heterocycles. The zero-order chi connectivity index (χ0) is 25.7. The Bertz CT molecular complexity index is 1350. The summed E-state index contributed by atoms with van der Waals surface area (Å²) >= 11 is 7.17. The van der Waals surface area contributed by atoms with E-state index in [1.165, 1.54) is 28.8 Å². The summed E-state index contributed by atoms with van der Waals surface area (Å²) in [5.74, 6) is -0.0676. The number of carbonyl (C=O) groups is 2. The molecule has 184 valence electrons. The quantitative estimate of drug-likeness (QED) is 0.352. The van der Waals surface area contributed by atoms with Crippen molar-refractivity contribution in [1.82, 2.24) is 4.90 Å². The zero-order valence-corrected chi connectivity index (χ0v) is 21.2. The van der Waals surface area contributed by atoms with Crippen molar-refractivity contribution in [3.63, 3.8) is 0 Å². The van der Waals surface area contributed by atoms with Gasteiger partial charge in [0, 0.05) is 12.1 Å². The van der Waals surface area contributed by atoms with Gasteiger partial charge in [0.1, 0.15) is 6.61 Å². The first-order valence-electron chi connectivity index (χ1n) is 11.1. The highest BCUT2D eigenvalue weighted by Gasteiger charge is 2.30. The van der Waals surface area contributed by atoms with Gasteiger partial charge >= 0.3 is 5.97 Å². The summed E-state index contributed by atoms with van der Waals surface area (Å²) in [6.07, 6.45) is 1.77. The summed E-state index contributed by atoms with van der Waals surface area (Å²) in [5, 5.41) is 10.3. The maximum Gasteiger partial charge on any atom is 0.335 e. The topological polar surface area (TPSA) is 88.4 Å². The van der Waals surface area contributed by atoms with E-state index in [1.54, 1.807) is 25.3 Å². The molecule has 1 heterocycles. The zero-order valence-electron chi connectivity index (χ0n) is 19.6. The lowest BCUT2D eigenvalue weighted by atomic mass is 10.1. The molecule has 1 saturated heterocycles. The fourth-order valence-electron chi connectivity index (χ4n) is 3.37. The predicted octanol–water partition coefficient (Wildman–Crippen LogP) is 6.25. The average molecular weight is 523 g/mol. The van der Waals surface area contributed by atoms with Crippen molar-refractivity contribution in [1.29, 1.82) is 0 Å². The van der Waals surface area contributed by atoms with Gasteiger partial charge in [-0.05, 0) is 78.4 Å². The Hall–Kier alpha value is -3.75. The number of ether oxygens (including phenoxy) is 2. The van der Waals surface area contributed by atoms with Crippen LogP contribution < -0.4 is 9.47 Å². The number of likely N-dealkylation sites (N-methyl/N-ethyl adjacent to an activating group) is 1. The van der Waals surface area contributed by atoms with E-state index in [1.807, 2.05) is 49.4 Å². The molecular weight excluding hydrogens is 500 g/mol. The first-order valence-corrected chi connectivity index (χ1v) is 12.3. The Morgan fingerprint density at radius 3 is 2.58 bits per heavy atom. The molecule has 4 rings (SSSR count). The Kier molecular flexibility index (Phi) is 7.97. The highest BCUT2D eigenvalue weighted by molar-refractivity contribution is 8.18. The molecule has 1 N–H and O–H groups in total. The highest BCUT2D eigenvalue weighted by Crippen LogP contribution is 2.35. The Balaban J connectivity index is 1.54. The van der Waals surface area contributed by atoms with E-state index < -0.39 is 5.97 Å². The van der Waals surface area contributed by atoms with Crippen molar-refractivity contribution < 1.29 is 24.2 Å². The summed E-state index contributed by atoms with van der Waals surface area (Å²) in [5.41, 5.74) is 2.34. The third-order valence-electron chi connectivity index (χ3n) is 5.19. The van der Waals surface area contributed by atoms with Gasteiger partial charge in [0.05, 0.1) is 22.8 Å². The largest absolute Gasteiger partial charge is 0.490 e. The van der Waals surface area contributed by atoms with Crippen LogP contribution in [-0.4, -0.2) is 40.7 Å². The lowest BCUT2D eigenvalue weighted by molar-refractivity contribution is -0.121. The van der Waals surface area contributed by atoms with Gasteiger partial charge in [0.2, 0.25) is 0 Å². The molecule has 0 aliphatic carbocycles. The van der Waals surface area contributed by atoms with Gasteiger partial charge in [-0.25, -0.2) is 9.79 Å². The number of carboxylic acid groups (broad SMARTS) is 1. The molecule has 0 aromatic heterocycles. The van der Waals surface area contributed by atoms with Crippen LogP contribution in [0.2, 0.25) is 5.02 Å². The minimum Gasteiger partial charge on any atom is -0.490 e. The molecule has 0 atom stereocenters. The molecule has 7 nitrogen and oxygen atoms in total. The third kappa shape index (κ3) is 6.08. The van der Waals surface area contributed by atoms with Gasteiger partial charge in [0.25, 0.3) is 5.91 Å². The van der Waals surface area contributed by atoms with E-state index in [0.717, 1.165) is 11.1 Å². The molecule has 9 heteroatoms. The molecule has 1 amide bonds. The summed E-state index contributed by atoms with van der Waals surface area (Å²) in [6.45, 7) is 2.71. The molecule has 36 heavy (non-hydrogen) atoms. The average Bonchev–Trinajstić information content (AvgIpc) is 3.12. The van der Waals surface area contributed by atoms with Crippen LogP contribution in [0.15, 0.2) is 76.6 Å². The van der Waals surface area contributed by atoms with Crippen LogP contribution in [-0.2, 0) is 11.4 Å². The number of carboxylic acids is 1. The monoisotopic (exact) mass is 522 g/mol. The van der Waals surface area contributed by atoms with Crippen molar-refractivity contribution in [3.05, 3.63) is 93.3 Å². The SMILES string of the molecule is CCOc1cc(/C=C2/SC(=Nc3cccc(C(=O)O)c3)N(C)C2=O)ccc1OCc1ccc(Cl)cc1. The van der Waals surface area contributed by atoms with Crippen LogP contribution in [0.5, 0.6) is 11.5 Å². The summed E-state index contributed by atoms with van der Waals surface area (Å²) < 4.78 is 11.7. The lowest BCUT2D eigenvalue weighted by Gasteiger charge is -2.13. The van der Waals surface area contributed by atoms with Crippen molar-refractivity contribution in [2.24, 2.45) is 4.99 Å². The summed E-state index contributed by atoms with van der Waals surface area (Å²) in [7, 11) is 1.63. The van der Waals surface area contributed by atoms with E-state index in [4.69, 9.17) is 21.1 Å². The predicted molar refractivity (Wildman–Crippen MR) is 142 cm³/mol. The van der Waals surface area contributed by atoms with Gasteiger partial charge in [-0.15, -0.1) is 0 Å². The molecule has 1 fully saturated rings. The maximum atomic E-state index is 12.8. The normalized spacial score (nSPS) is 15.5. The Morgan fingerprint density at radius 2 is 1.86 bits per heavy atom. The van der Waals surface area contributed by atoms with Gasteiger partial charge < -0.3 is 14.6 Å². The summed E-state index contributed by atoms with van der Waals surface area (Å²) in [6, 6.07) is 19.2. The third-order valence-corrected chi connectivity index (χ3v) is 6.51. The number of hydrogen-bond acceptors (Lipinski definition) is 6. The number of nitrogens with zero attached hydrogens (tertiary/aromatic N) is 2. The number of aliphatic imine (C=N–C) groups is 1. The van der Waals surface area contributed by atoms with Crippen molar-refractivity contribution in [3.8, 4) is 11.5 Å². The number of carbonyl (C=O) groups excluding carboxylic acids is 1.